The summed E-state index contributed by atoms with van der Waals surface area (Å²) < 4.78 is 0. The first-order valence-electron chi connectivity index (χ1n) is 10.9. The Kier molecular flexibility index (Phi) is 4.77. The smallest absolute Gasteiger partial charge is 0.162 e. The van der Waals surface area contributed by atoms with Gasteiger partial charge < -0.3 is 10.3 Å². The molecule has 0 radical (unpaired) electrons. The highest BCUT2D eigenvalue weighted by Crippen LogP contribution is 2.34. The summed E-state index contributed by atoms with van der Waals surface area (Å²) in [6.07, 6.45) is 3.75. The Morgan fingerprint density at radius 3 is 2.55 bits per heavy atom. The number of aromatic nitrogens is 4. The average Bonchev–Trinajstić information content (AvgIpc) is 3.36. The lowest BCUT2D eigenvalue weighted by Gasteiger charge is -2.14. The molecule has 5 nitrogen and oxygen atoms in total. The molecule has 0 aliphatic carbocycles. The molecular weight excluding hydrogens is 406 g/mol. The van der Waals surface area contributed by atoms with E-state index in [0.717, 1.165) is 44.6 Å². The van der Waals surface area contributed by atoms with Crippen LogP contribution in [0, 0.1) is 0 Å². The van der Waals surface area contributed by atoms with Crippen molar-refractivity contribution in [2.24, 2.45) is 0 Å². The number of rotatable bonds is 5. The van der Waals surface area contributed by atoms with E-state index in [1.165, 1.54) is 5.39 Å². The van der Waals surface area contributed by atoms with Crippen molar-refractivity contribution in [3.05, 3.63) is 109 Å². The van der Waals surface area contributed by atoms with Gasteiger partial charge in [-0.3, -0.25) is 4.98 Å². The summed E-state index contributed by atoms with van der Waals surface area (Å²) in [5.41, 5.74) is 6.12. The lowest BCUT2D eigenvalue weighted by Crippen LogP contribution is -2.06. The van der Waals surface area contributed by atoms with E-state index in [2.05, 4.69) is 75.9 Å². The molecule has 0 aliphatic heterocycles. The monoisotopic (exact) mass is 427 g/mol. The van der Waals surface area contributed by atoms with E-state index in [1.807, 2.05) is 42.7 Å². The summed E-state index contributed by atoms with van der Waals surface area (Å²) in [5.74, 6) is 1.49. The Hall–Kier alpha value is -4.51. The molecule has 0 amide bonds. The number of fused-ring (bicyclic) bond motifs is 2. The number of aromatic amines is 1. The second-order valence-electron chi connectivity index (χ2n) is 7.92. The third-order valence-corrected chi connectivity index (χ3v) is 5.78. The second kappa shape index (κ2) is 8.20. The van der Waals surface area contributed by atoms with Gasteiger partial charge in [0, 0.05) is 23.5 Å². The largest absolute Gasteiger partial charge is 0.364 e. The fourth-order valence-corrected chi connectivity index (χ4v) is 4.16. The zero-order valence-electron chi connectivity index (χ0n) is 17.9. The first kappa shape index (κ1) is 19.2. The van der Waals surface area contributed by atoms with Gasteiger partial charge in [-0.1, -0.05) is 60.7 Å². The van der Waals surface area contributed by atoms with E-state index < -0.39 is 0 Å². The van der Waals surface area contributed by atoms with Crippen molar-refractivity contribution in [2.75, 3.05) is 5.32 Å². The van der Waals surface area contributed by atoms with Crippen LogP contribution in [0.2, 0.25) is 0 Å². The van der Waals surface area contributed by atoms with Crippen molar-refractivity contribution in [1.29, 1.82) is 0 Å². The summed E-state index contributed by atoms with van der Waals surface area (Å²) >= 11 is 0. The van der Waals surface area contributed by atoms with E-state index in [-0.39, 0.29) is 0 Å². The van der Waals surface area contributed by atoms with Gasteiger partial charge in [0.1, 0.15) is 5.82 Å². The predicted octanol–water partition coefficient (Wildman–Crippen LogP) is 6.45. The molecule has 0 unspecified atom stereocenters. The van der Waals surface area contributed by atoms with Gasteiger partial charge in [-0.05, 0) is 46.8 Å². The van der Waals surface area contributed by atoms with Crippen LogP contribution in [0.1, 0.15) is 5.69 Å². The summed E-state index contributed by atoms with van der Waals surface area (Å²) in [5, 5.41) is 5.71. The summed E-state index contributed by atoms with van der Waals surface area (Å²) in [6, 6.07) is 30.8. The lowest BCUT2D eigenvalue weighted by atomic mass is 10.0. The van der Waals surface area contributed by atoms with Gasteiger partial charge in [-0.15, -0.1) is 0 Å². The minimum absolute atomic E-state index is 0.575. The molecule has 33 heavy (non-hydrogen) atoms. The van der Waals surface area contributed by atoms with E-state index in [0.29, 0.717) is 12.4 Å². The third-order valence-electron chi connectivity index (χ3n) is 5.78. The van der Waals surface area contributed by atoms with Gasteiger partial charge in [0.2, 0.25) is 0 Å². The van der Waals surface area contributed by atoms with Gasteiger partial charge in [0.15, 0.2) is 5.82 Å². The maximum absolute atomic E-state index is 5.00. The first-order chi connectivity index (χ1) is 16.3. The average molecular weight is 428 g/mol. The molecule has 158 valence electrons. The van der Waals surface area contributed by atoms with Crippen LogP contribution in [0.15, 0.2) is 103 Å². The molecule has 3 aromatic heterocycles. The van der Waals surface area contributed by atoms with Crippen LogP contribution < -0.4 is 5.32 Å². The molecule has 0 spiro atoms. The highest BCUT2D eigenvalue weighted by molar-refractivity contribution is 6.02. The van der Waals surface area contributed by atoms with E-state index in [4.69, 9.17) is 9.97 Å². The van der Waals surface area contributed by atoms with Crippen molar-refractivity contribution in [3.8, 4) is 22.5 Å². The summed E-state index contributed by atoms with van der Waals surface area (Å²) in [7, 11) is 0. The van der Waals surface area contributed by atoms with Gasteiger partial charge in [0.25, 0.3) is 0 Å². The van der Waals surface area contributed by atoms with E-state index >= 15 is 0 Å². The number of anilines is 1. The molecule has 3 heterocycles. The normalized spacial score (nSPS) is 11.2. The maximum Gasteiger partial charge on any atom is 0.162 e. The standard InChI is InChI=1S/C28H21N5/c1-2-7-19(8-3-1)23-10-6-11-24-26(23)28(31-18-22-9-4-5-15-29-22)33-27(32-24)21-13-12-20-14-16-30-25(20)17-21/h1-17,30H,18H2,(H,31,32,33). The number of pyridine rings is 1. The molecular formula is C28H21N5. The Morgan fingerprint density at radius 2 is 1.67 bits per heavy atom. The SMILES string of the molecule is c1ccc(-c2cccc3nc(-c4ccc5cc[nH]c5c4)nc(NCc4ccccn4)c23)cc1. The number of nitrogens with one attached hydrogen (secondary N) is 2. The summed E-state index contributed by atoms with van der Waals surface area (Å²) in [4.78, 5) is 17.7. The highest BCUT2D eigenvalue weighted by Gasteiger charge is 2.15. The Bertz CT molecular complexity index is 1560. The number of hydrogen-bond donors (Lipinski definition) is 2. The molecule has 5 heteroatoms. The highest BCUT2D eigenvalue weighted by atomic mass is 15.0. The number of hydrogen-bond acceptors (Lipinski definition) is 4. The van der Waals surface area contributed by atoms with Crippen molar-refractivity contribution in [3.63, 3.8) is 0 Å². The Balaban J connectivity index is 1.53. The molecule has 0 fully saturated rings. The van der Waals surface area contributed by atoms with E-state index in [9.17, 15) is 0 Å². The van der Waals surface area contributed by atoms with Gasteiger partial charge in [-0.2, -0.15) is 0 Å². The second-order valence-corrected chi connectivity index (χ2v) is 7.92. The fourth-order valence-electron chi connectivity index (χ4n) is 4.16. The van der Waals surface area contributed by atoms with Gasteiger partial charge in [0.05, 0.1) is 23.1 Å². The third kappa shape index (κ3) is 3.70. The molecule has 6 aromatic rings. The number of nitrogens with zero attached hydrogens (tertiary/aromatic N) is 3. The van der Waals surface area contributed by atoms with Crippen LogP contribution in [-0.2, 0) is 6.54 Å². The first-order valence-corrected chi connectivity index (χ1v) is 10.9. The topological polar surface area (TPSA) is 66.5 Å². The van der Waals surface area contributed by atoms with Crippen LogP contribution in [0.3, 0.4) is 0 Å². The van der Waals surface area contributed by atoms with Crippen molar-refractivity contribution in [1.82, 2.24) is 19.9 Å². The molecule has 6 rings (SSSR count). The minimum atomic E-state index is 0.575. The number of H-pyrrole nitrogens is 1. The van der Waals surface area contributed by atoms with E-state index in [1.54, 1.807) is 0 Å². The van der Waals surface area contributed by atoms with Crippen LogP contribution >= 0.6 is 0 Å². The zero-order valence-corrected chi connectivity index (χ0v) is 17.9. The maximum atomic E-state index is 5.00. The molecule has 0 saturated heterocycles. The number of benzene rings is 3. The predicted molar refractivity (Wildman–Crippen MR) is 134 cm³/mol. The molecule has 0 atom stereocenters. The van der Waals surface area contributed by atoms with Crippen molar-refractivity contribution in [2.45, 2.75) is 6.54 Å². The fraction of sp³-hybridized carbons (Fsp3) is 0.0357. The molecule has 2 N–H and O–H groups in total. The molecule has 0 aliphatic rings. The molecule has 0 saturated carbocycles. The summed E-state index contributed by atoms with van der Waals surface area (Å²) in [6.45, 7) is 0.575. The van der Waals surface area contributed by atoms with Crippen molar-refractivity contribution < 1.29 is 0 Å². The van der Waals surface area contributed by atoms with Crippen LogP contribution in [0.4, 0.5) is 5.82 Å². The van der Waals surface area contributed by atoms with Crippen LogP contribution in [0.5, 0.6) is 0 Å². The van der Waals surface area contributed by atoms with Gasteiger partial charge >= 0.3 is 0 Å². The Labute approximate surface area is 191 Å². The molecule has 3 aromatic carbocycles. The molecule has 0 bridgehead atoms. The Morgan fingerprint density at radius 1 is 0.758 bits per heavy atom. The van der Waals surface area contributed by atoms with Crippen LogP contribution in [0.25, 0.3) is 44.3 Å². The van der Waals surface area contributed by atoms with Crippen LogP contribution in [-0.4, -0.2) is 19.9 Å². The zero-order chi connectivity index (χ0) is 22.0. The lowest BCUT2D eigenvalue weighted by molar-refractivity contribution is 1.03. The van der Waals surface area contributed by atoms with Gasteiger partial charge in [-0.25, -0.2) is 9.97 Å². The van der Waals surface area contributed by atoms with Crippen molar-refractivity contribution >= 4 is 27.6 Å². The minimum Gasteiger partial charge on any atom is -0.364 e. The quantitative estimate of drug-likeness (QED) is 0.332.